The van der Waals surface area contributed by atoms with E-state index >= 15 is 0 Å². The fourth-order valence-corrected chi connectivity index (χ4v) is 3.06. The van der Waals surface area contributed by atoms with Crippen molar-refractivity contribution in [2.75, 3.05) is 13.1 Å². The van der Waals surface area contributed by atoms with E-state index in [2.05, 4.69) is 38.4 Å². The number of hydrogen-bond donors (Lipinski definition) is 3. The van der Waals surface area contributed by atoms with E-state index in [1.165, 1.54) is 17.5 Å². The molecule has 0 saturated heterocycles. The van der Waals surface area contributed by atoms with Crippen LogP contribution in [0.3, 0.4) is 0 Å². The molecule has 7 nitrogen and oxygen atoms in total. The third-order valence-corrected chi connectivity index (χ3v) is 4.19. The maximum atomic E-state index is 12.2. The molecule has 2 aromatic rings. The van der Waals surface area contributed by atoms with Crippen LogP contribution in [0.2, 0.25) is 0 Å². The Morgan fingerprint density at radius 2 is 2.12 bits per heavy atom. The highest BCUT2D eigenvalue weighted by Gasteiger charge is 2.22. The topological polar surface area (TPSA) is 98.3 Å². The van der Waals surface area contributed by atoms with Gasteiger partial charge in [0.2, 0.25) is 0 Å². The van der Waals surface area contributed by atoms with Crippen molar-refractivity contribution in [3.05, 3.63) is 53.1 Å². The van der Waals surface area contributed by atoms with E-state index in [-0.39, 0.29) is 17.4 Å². The number of carboxylic acid groups (broad SMARTS) is 1. The number of rotatable bonds is 5. The summed E-state index contributed by atoms with van der Waals surface area (Å²) in [5.74, 6) is -1.67. The number of fused-ring (bicyclic) bond motifs is 1. The molecule has 0 saturated carbocycles. The van der Waals surface area contributed by atoms with Crippen molar-refractivity contribution in [2.24, 2.45) is 0 Å². The molecule has 1 aromatic carbocycles. The molecule has 0 unspecified atom stereocenters. The molecule has 1 aliphatic heterocycles. The lowest BCUT2D eigenvalue weighted by Gasteiger charge is -2.31. The third kappa shape index (κ3) is 3.46. The van der Waals surface area contributed by atoms with Crippen molar-refractivity contribution in [1.29, 1.82) is 0 Å². The van der Waals surface area contributed by atoms with Crippen molar-refractivity contribution in [3.63, 3.8) is 0 Å². The first-order valence-corrected chi connectivity index (χ1v) is 7.91. The van der Waals surface area contributed by atoms with Crippen LogP contribution < -0.4 is 5.32 Å². The number of H-pyrrole nitrogens is 1. The van der Waals surface area contributed by atoms with Gasteiger partial charge in [0.1, 0.15) is 0 Å². The number of aromatic carboxylic acids is 1. The van der Waals surface area contributed by atoms with Crippen molar-refractivity contribution >= 4 is 11.9 Å². The summed E-state index contributed by atoms with van der Waals surface area (Å²) in [6.07, 6.45) is 2.21. The van der Waals surface area contributed by atoms with Crippen LogP contribution >= 0.6 is 0 Å². The van der Waals surface area contributed by atoms with E-state index in [1.807, 2.05) is 13.0 Å². The van der Waals surface area contributed by atoms with Crippen LogP contribution in [0.15, 0.2) is 30.6 Å². The molecule has 1 aromatic heterocycles. The van der Waals surface area contributed by atoms with Gasteiger partial charge in [0.15, 0.2) is 11.4 Å². The molecule has 0 bridgehead atoms. The number of carboxylic acids is 1. The summed E-state index contributed by atoms with van der Waals surface area (Å²) in [7, 11) is 0. The Balaban J connectivity index is 1.58. The lowest BCUT2D eigenvalue weighted by atomic mass is 10.00. The zero-order valence-corrected chi connectivity index (χ0v) is 13.5. The maximum absolute atomic E-state index is 12.2. The van der Waals surface area contributed by atoms with Crippen LogP contribution in [0.4, 0.5) is 0 Å². The molecule has 0 aliphatic carbocycles. The Morgan fingerprint density at radius 1 is 1.38 bits per heavy atom. The van der Waals surface area contributed by atoms with Gasteiger partial charge in [0.05, 0.1) is 6.33 Å². The standard InChI is InChI=1S/C17H20N4O3/c1-11(20-16(22)14-15(17(23)24)19-10-18-14)8-21-7-6-12-4-2-3-5-13(12)9-21/h2-5,10-11H,6-9H2,1H3,(H,18,19)(H,20,22)(H,23,24)/t11-/m0/s1. The van der Waals surface area contributed by atoms with Gasteiger partial charge < -0.3 is 15.4 Å². The number of aromatic nitrogens is 2. The lowest BCUT2D eigenvalue weighted by molar-refractivity contribution is 0.0684. The Labute approximate surface area is 139 Å². The highest BCUT2D eigenvalue weighted by molar-refractivity contribution is 6.02. The van der Waals surface area contributed by atoms with E-state index in [1.54, 1.807) is 0 Å². The van der Waals surface area contributed by atoms with Crippen LogP contribution in [0, 0.1) is 0 Å². The minimum atomic E-state index is -1.20. The molecule has 3 N–H and O–H groups in total. The van der Waals surface area contributed by atoms with Crippen molar-refractivity contribution in [3.8, 4) is 0 Å². The number of carbonyl (C=O) groups is 2. The predicted molar refractivity (Wildman–Crippen MR) is 87.9 cm³/mol. The molecular formula is C17H20N4O3. The second-order valence-corrected chi connectivity index (χ2v) is 6.06. The average Bonchev–Trinajstić information content (AvgIpc) is 3.04. The molecule has 0 fully saturated rings. The summed E-state index contributed by atoms with van der Waals surface area (Å²) in [4.78, 5) is 31.8. The van der Waals surface area contributed by atoms with Gasteiger partial charge in [-0.25, -0.2) is 9.78 Å². The molecule has 126 valence electrons. The highest BCUT2D eigenvalue weighted by Crippen LogP contribution is 2.18. The molecule has 0 spiro atoms. The van der Waals surface area contributed by atoms with Crippen molar-refractivity contribution in [2.45, 2.75) is 25.9 Å². The van der Waals surface area contributed by atoms with E-state index < -0.39 is 11.9 Å². The normalized spacial score (nSPS) is 15.5. The Bertz CT molecular complexity index is 756. The minimum Gasteiger partial charge on any atom is -0.477 e. The van der Waals surface area contributed by atoms with Crippen LogP contribution in [0.5, 0.6) is 0 Å². The molecule has 1 atom stereocenters. The van der Waals surface area contributed by atoms with Gasteiger partial charge in [-0.3, -0.25) is 9.69 Å². The van der Waals surface area contributed by atoms with E-state index in [0.29, 0.717) is 6.54 Å². The van der Waals surface area contributed by atoms with Crippen LogP contribution in [0.25, 0.3) is 0 Å². The van der Waals surface area contributed by atoms with Crippen LogP contribution in [0.1, 0.15) is 39.0 Å². The summed E-state index contributed by atoms with van der Waals surface area (Å²) < 4.78 is 0. The van der Waals surface area contributed by atoms with Gasteiger partial charge in [0, 0.05) is 25.7 Å². The van der Waals surface area contributed by atoms with Gasteiger partial charge >= 0.3 is 5.97 Å². The summed E-state index contributed by atoms with van der Waals surface area (Å²) in [6.45, 7) is 4.41. The molecule has 7 heteroatoms. The molecule has 3 rings (SSSR count). The van der Waals surface area contributed by atoms with E-state index in [9.17, 15) is 9.59 Å². The third-order valence-electron chi connectivity index (χ3n) is 4.19. The first-order valence-electron chi connectivity index (χ1n) is 7.91. The van der Waals surface area contributed by atoms with Gasteiger partial charge in [-0.05, 0) is 24.5 Å². The minimum absolute atomic E-state index is 0.0849. The monoisotopic (exact) mass is 328 g/mol. The zero-order valence-electron chi connectivity index (χ0n) is 13.5. The number of imidazole rings is 1. The number of carbonyl (C=O) groups excluding carboxylic acids is 1. The van der Waals surface area contributed by atoms with Crippen molar-refractivity contribution < 1.29 is 14.7 Å². The molecule has 1 amide bonds. The molecule has 2 heterocycles. The summed E-state index contributed by atoms with van der Waals surface area (Å²) in [5, 5.41) is 11.9. The molecule has 0 radical (unpaired) electrons. The summed E-state index contributed by atoms with van der Waals surface area (Å²) >= 11 is 0. The Hall–Kier alpha value is -2.67. The number of hydrogen-bond acceptors (Lipinski definition) is 4. The first kappa shape index (κ1) is 16.2. The van der Waals surface area contributed by atoms with Gasteiger partial charge in [-0.1, -0.05) is 24.3 Å². The smallest absolute Gasteiger partial charge is 0.354 e. The Kier molecular flexibility index (Phi) is 4.61. The summed E-state index contributed by atoms with van der Waals surface area (Å²) in [6, 6.07) is 8.28. The number of benzene rings is 1. The van der Waals surface area contributed by atoms with Gasteiger partial charge in [0.25, 0.3) is 5.91 Å². The highest BCUT2D eigenvalue weighted by atomic mass is 16.4. The summed E-state index contributed by atoms with van der Waals surface area (Å²) in [5.41, 5.74) is 2.43. The second-order valence-electron chi connectivity index (χ2n) is 6.06. The maximum Gasteiger partial charge on any atom is 0.354 e. The quantitative estimate of drug-likeness (QED) is 0.768. The van der Waals surface area contributed by atoms with E-state index in [4.69, 9.17) is 5.11 Å². The molecule has 24 heavy (non-hydrogen) atoms. The average molecular weight is 328 g/mol. The second kappa shape index (κ2) is 6.84. The number of nitrogens with zero attached hydrogens (tertiary/aromatic N) is 2. The van der Waals surface area contributed by atoms with Crippen molar-refractivity contribution in [1.82, 2.24) is 20.2 Å². The SMILES string of the molecule is C[C@@H](CN1CCc2ccccc2C1)NC(=O)c1nc[nH]c1C(=O)O. The first-order chi connectivity index (χ1) is 11.5. The fraction of sp³-hybridized carbons (Fsp3) is 0.353. The number of nitrogens with one attached hydrogen (secondary N) is 2. The number of aromatic amines is 1. The molecule has 1 aliphatic rings. The molecular weight excluding hydrogens is 308 g/mol. The Morgan fingerprint density at radius 3 is 2.88 bits per heavy atom. The predicted octanol–water partition coefficient (Wildman–Crippen LogP) is 1.28. The zero-order chi connectivity index (χ0) is 17.1. The largest absolute Gasteiger partial charge is 0.477 e. The lowest BCUT2D eigenvalue weighted by Crippen LogP contribution is -2.44. The van der Waals surface area contributed by atoms with Gasteiger partial charge in [-0.2, -0.15) is 0 Å². The number of amides is 1. The van der Waals surface area contributed by atoms with Crippen LogP contribution in [-0.2, 0) is 13.0 Å². The van der Waals surface area contributed by atoms with Gasteiger partial charge in [-0.15, -0.1) is 0 Å². The fourth-order valence-electron chi connectivity index (χ4n) is 3.06. The van der Waals surface area contributed by atoms with Crippen LogP contribution in [-0.4, -0.2) is 51.0 Å². The van der Waals surface area contributed by atoms with E-state index in [0.717, 1.165) is 19.5 Å².